The quantitative estimate of drug-likeness (QED) is 0.726. The first-order chi connectivity index (χ1) is 11.9. The van der Waals surface area contributed by atoms with Crippen LogP contribution >= 0.6 is 0 Å². The van der Waals surface area contributed by atoms with E-state index in [2.05, 4.69) is 9.97 Å². The summed E-state index contributed by atoms with van der Waals surface area (Å²) in [7, 11) is 0. The molecule has 2 aromatic heterocycles. The lowest BCUT2D eigenvalue weighted by molar-refractivity contribution is -0.137. The maximum atomic E-state index is 13.8. The van der Waals surface area contributed by atoms with Crippen LogP contribution in [0.25, 0.3) is 22.2 Å². The van der Waals surface area contributed by atoms with Crippen LogP contribution in [-0.4, -0.2) is 21.1 Å². The van der Waals surface area contributed by atoms with Crippen molar-refractivity contribution in [3.8, 4) is 11.1 Å². The molecule has 3 aromatic rings. The van der Waals surface area contributed by atoms with Gasteiger partial charge in [-0.2, -0.15) is 13.2 Å². The molecule has 0 aliphatic rings. The predicted octanol–water partition coefficient (Wildman–Crippen LogP) is 3.93. The molecular weight excluding hydrogens is 336 g/mol. The van der Waals surface area contributed by atoms with Gasteiger partial charge >= 0.3 is 6.18 Å². The number of aromatic nitrogens is 3. The van der Waals surface area contributed by atoms with Crippen LogP contribution in [0.3, 0.4) is 0 Å². The van der Waals surface area contributed by atoms with E-state index in [4.69, 9.17) is 5.73 Å². The van der Waals surface area contributed by atoms with Crippen LogP contribution in [0.1, 0.15) is 5.56 Å². The number of hydrogen-bond acceptors (Lipinski definition) is 3. The zero-order valence-corrected chi connectivity index (χ0v) is 13.0. The molecule has 0 aliphatic carbocycles. The molecule has 8 heteroatoms. The molecule has 0 aliphatic heterocycles. The summed E-state index contributed by atoms with van der Waals surface area (Å²) in [5.74, 6) is -0.540. The number of alkyl halides is 3. The Balaban J connectivity index is 2.22. The number of nitrogens with two attached hydrogens (primary N) is 1. The summed E-state index contributed by atoms with van der Waals surface area (Å²) >= 11 is 0. The third-order valence-electron chi connectivity index (χ3n) is 3.69. The molecule has 4 nitrogen and oxygen atoms in total. The fourth-order valence-corrected chi connectivity index (χ4v) is 2.55. The number of pyridine rings is 1. The van der Waals surface area contributed by atoms with E-state index in [0.717, 1.165) is 12.1 Å². The van der Waals surface area contributed by atoms with Crippen LogP contribution in [0, 0.1) is 0 Å². The second-order valence-corrected chi connectivity index (χ2v) is 5.39. The largest absolute Gasteiger partial charge is 0.416 e. The Morgan fingerprint density at radius 1 is 1.28 bits per heavy atom. The Hall–Kier alpha value is -2.74. The summed E-state index contributed by atoms with van der Waals surface area (Å²) in [6, 6.07) is 5.28. The molecule has 0 bridgehead atoms. The van der Waals surface area contributed by atoms with Gasteiger partial charge in [-0.1, -0.05) is 6.07 Å². The number of hydrogen-bond donors (Lipinski definition) is 1. The Kier molecular flexibility index (Phi) is 4.54. The number of rotatable bonds is 4. The Bertz CT molecular complexity index is 914. The van der Waals surface area contributed by atoms with Crippen molar-refractivity contribution in [3.05, 3.63) is 60.5 Å². The average molecular weight is 350 g/mol. The van der Waals surface area contributed by atoms with Crippen LogP contribution in [0.15, 0.2) is 54.9 Å². The van der Waals surface area contributed by atoms with Gasteiger partial charge in [-0.15, -0.1) is 0 Å². The third kappa shape index (κ3) is 3.53. The van der Waals surface area contributed by atoms with Crippen molar-refractivity contribution in [2.45, 2.75) is 12.7 Å². The van der Waals surface area contributed by atoms with E-state index in [1.54, 1.807) is 12.1 Å². The highest BCUT2D eigenvalue weighted by atomic mass is 19.4. The highest BCUT2D eigenvalue weighted by molar-refractivity contribution is 5.92. The monoisotopic (exact) mass is 350 g/mol. The highest BCUT2D eigenvalue weighted by Crippen LogP contribution is 2.36. The van der Waals surface area contributed by atoms with Crippen molar-refractivity contribution in [1.82, 2.24) is 14.5 Å². The zero-order valence-electron chi connectivity index (χ0n) is 13.0. The fraction of sp³-hybridized carbons (Fsp3) is 0.176. The minimum absolute atomic E-state index is 0.00714. The average Bonchev–Trinajstić information content (AvgIpc) is 2.97. The van der Waals surface area contributed by atoms with Crippen LogP contribution < -0.4 is 5.73 Å². The molecule has 3 rings (SSSR count). The lowest BCUT2D eigenvalue weighted by Crippen LogP contribution is -2.06. The normalized spacial score (nSPS) is 12.8. The van der Waals surface area contributed by atoms with E-state index in [-0.39, 0.29) is 18.6 Å². The maximum Gasteiger partial charge on any atom is 0.416 e. The maximum absolute atomic E-state index is 13.8. The lowest BCUT2D eigenvalue weighted by atomic mass is 10.0. The van der Waals surface area contributed by atoms with Crippen molar-refractivity contribution in [1.29, 1.82) is 0 Å². The molecule has 2 N–H and O–H groups in total. The van der Waals surface area contributed by atoms with Crippen LogP contribution in [0.2, 0.25) is 0 Å². The molecule has 0 saturated carbocycles. The van der Waals surface area contributed by atoms with Gasteiger partial charge in [0.2, 0.25) is 0 Å². The van der Waals surface area contributed by atoms with Gasteiger partial charge in [0.05, 0.1) is 29.5 Å². The fourth-order valence-electron chi connectivity index (χ4n) is 2.55. The first-order valence-electron chi connectivity index (χ1n) is 7.41. The number of fused-ring (bicyclic) bond motifs is 1. The van der Waals surface area contributed by atoms with E-state index in [1.807, 2.05) is 0 Å². The number of imidazole rings is 1. The molecule has 0 amide bonds. The standard InChI is InChI=1S/C17H14F4N4/c18-13(3-4-22)9-25-10-24-16-14(11-2-1-5-23-8-11)6-12(7-15(16)25)17(19,20)21/h1-3,5-8,10H,4,9,22H2/b13-3-. The van der Waals surface area contributed by atoms with E-state index in [1.165, 1.54) is 29.4 Å². The summed E-state index contributed by atoms with van der Waals surface area (Å²) in [4.78, 5) is 8.11. The van der Waals surface area contributed by atoms with E-state index in [9.17, 15) is 17.6 Å². The van der Waals surface area contributed by atoms with Crippen LogP contribution in [0.5, 0.6) is 0 Å². The van der Waals surface area contributed by atoms with Gasteiger partial charge in [0.15, 0.2) is 0 Å². The molecule has 0 spiro atoms. The minimum atomic E-state index is -4.54. The molecular formula is C17H14F4N4. The van der Waals surface area contributed by atoms with E-state index in [0.29, 0.717) is 16.6 Å². The second kappa shape index (κ2) is 6.64. The van der Waals surface area contributed by atoms with E-state index >= 15 is 0 Å². The van der Waals surface area contributed by atoms with Gasteiger partial charge in [0.1, 0.15) is 5.83 Å². The molecule has 0 radical (unpaired) electrons. The van der Waals surface area contributed by atoms with Gasteiger partial charge in [-0.05, 0) is 24.3 Å². The van der Waals surface area contributed by atoms with Crippen LogP contribution in [0.4, 0.5) is 17.6 Å². The van der Waals surface area contributed by atoms with Gasteiger partial charge < -0.3 is 10.3 Å². The number of benzene rings is 1. The number of nitrogens with zero attached hydrogens (tertiary/aromatic N) is 3. The molecule has 1 aromatic carbocycles. The third-order valence-corrected chi connectivity index (χ3v) is 3.69. The lowest BCUT2D eigenvalue weighted by Gasteiger charge is -2.11. The first kappa shape index (κ1) is 17.1. The molecule has 0 atom stereocenters. The van der Waals surface area contributed by atoms with Crippen molar-refractivity contribution >= 4 is 11.0 Å². The molecule has 25 heavy (non-hydrogen) atoms. The summed E-state index contributed by atoms with van der Waals surface area (Å²) in [5, 5.41) is 0. The van der Waals surface area contributed by atoms with Crippen molar-refractivity contribution < 1.29 is 17.6 Å². The summed E-state index contributed by atoms with van der Waals surface area (Å²) in [5.41, 5.74) is 5.76. The Labute approximate surface area is 140 Å². The van der Waals surface area contributed by atoms with Crippen LogP contribution in [-0.2, 0) is 12.7 Å². The molecule has 2 heterocycles. The van der Waals surface area contributed by atoms with Crippen molar-refractivity contribution in [2.75, 3.05) is 6.54 Å². The number of halogens is 4. The smallest absolute Gasteiger partial charge is 0.327 e. The van der Waals surface area contributed by atoms with Gasteiger partial charge in [0.25, 0.3) is 0 Å². The Morgan fingerprint density at radius 3 is 2.72 bits per heavy atom. The zero-order chi connectivity index (χ0) is 18.0. The number of allylic oxidation sites excluding steroid dienone is 1. The highest BCUT2D eigenvalue weighted by Gasteiger charge is 2.32. The van der Waals surface area contributed by atoms with Crippen molar-refractivity contribution in [2.24, 2.45) is 5.73 Å². The second-order valence-electron chi connectivity index (χ2n) is 5.39. The van der Waals surface area contributed by atoms with Crippen molar-refractivity contribution in [3.63, 3.8) is 0 Å². The minimum Gasteiger partial charge on any atom is -0.327 e. The molecule has 0 saturated heterocycles. The molecule has 130 valence electrons. The predicted molar refractivity (Wildman–Crippen MR) is 86.2 cm³/mol. The molecule has 0 fully saturated rings. The van der Waals surface area contributed by atoms with Gasteiger partial charge in [0, 0.05) is 30.1 Å². The topological polar surface area (TPSA) is 56.7 Å². The Morgan fingerprint density at radius 2 is 2.08 bits per heavy atom. The SMILES string of the molecule is NC/C=C(\F)Cn1cnc2c(-c3cccnc3)cc(C(F)(F)F)cc21. The summed E-state index contributed by atoms with van der Waals surface area (Å²) in [6.45, 7) is -0.227. The van der Waals surface area contributed by atoms with Gasteiger partial charge in [-0.3, -0.25) is 4.98 Å². The molecule has 0 unspecified atom stereocenters. The van der Waals surface area contributed by atoms with E-state index < -0.39 is 17.6 Å². The summed E-state index contributed by atoms with van der Waals surface area (Å²) in [6.07, 6.45) is 0.935. The first-order valence-corrected chi connectivity index (χ1v) is 7.41. The van der Waals surface area contributed by atoms with Gasteiger partial charge in [-0.25, -0.2) is 9.37 Å². The summed E-state index contributed by atoms with van der Waals surface area (Å²) < 4.78 is 54.9.